The zero-order chi connectivity index (χ0) is 27.7. The molecule has 3 aromatic heterocycles. The lowest BCUT2D eigenvalue weighted by atomic mass is 9.83. The number of fused-ring (bicyclic) bond motifs is 6. The number of nitrogens with zero attached hydrogens (tertiary/aromatic N) is 2. The van der Waals surface area contributed by atoms with Crippen LogP contribution in [0, 0.1) is 26.7 Å². The first-order valence-corrected chi connectivity index (χ1v) is 13.8. The average molecular weight is 535 g/mol. The van der Waals surface area contributed by atoms with Gasteiger partial charge in [-0.2, -0.15) is 0 Å². The third-order valence-corrected chi connectivity index (χ3v) is 8.86. The van der Waals surface area contributed by atoms with Gasteiger partial charge in [0.25, 0.3) is 5.56 Å². The molecule has 202 valence electrons. The van der Waals surface area contributed by atoms with Gasteiger partial charge in [-0.1, -0.05) is 36.4 Å². The Bertz CT molecular complexity index is 1950. The monoisotopic (exact) mass is 534 g/mol. The molecule has 5 heterocycles. The summed E-state index contributed by atoms with van der Waals surface area (Å²) in [4.78, 5) is 41.1. The number of aryl methyl sites for hydroxylation is 3. The average Bonchev–Trinajstić information content (AvgIpc) is 3.28. The number of hydrogen-bond donors (Lipinski definition) is 0. The second kappa shape index (κ2) is 9.08. The number of piperidine rings is 1. The molecule has 7 heteroatoms. The lowest BCUT2D eigenvalue weighted by molar-refractivity contribution is -0.133. The van der Waals surface area contributed by atoms with Crippen LogP contribution in [0.1, 0.15) is 40.5 Å². The highest BCUT2D eigenvalue weighted by Gasteiger charge is 2.36. The molecule has 1 amide bonds. The van der Waals surface area contributed by atoms with Crippen molar-refractivity contribution in [1.29, 1.82) is 0 Å². The van der Waals surface area contributed by atoms with Crippen molar-refractivity contribution in [3.63, 3.8) is 0 Å². The fourth-order valence-electron chi connectivity index (χ4n) is 6.91. The first-order chi connectivity index (χ1) is 19.3. The predicted molar refractivity (Wildman–Crippen MR) is 154 cm³/mol. The van der Waals surface area contributed by atoms with Crippen LogP contribution >= 0.6 is 0 Å². The molecular weight excluding hydrogens is 504 g/mol. The fourth-order valence-corrected chi connectivity index (χ4v) is 6.91. The molecule has 2 aliphatic rings. The molecule has 2 aromatic carbocycles. The first-order valence-electron chi connectivity index (χ1n) is 13.8. The minimum Gasteiger partial charge on any atom is -0.460 e. The van der Waals surface area contributed by atoms with Gasteiger partial charge in [0.15, 0.2) is 0 Å². The molecule has 7 nitrogen and oxygen atoms in total. The Morgan fingerprint density at radius 1 is 0.875 bits per heavy atom. The Morgan fingerprint density at radius 3 is 2.45 bits per heavy atom. The van der Waals surface area contributed by atoms with Gasteiger partial charge in [-0.15, -0.1) is 0 Å². The van der Waals surface area contributed by atoms with Gasteiger partial charge in [0.05, 0.1) is 12.0 Å². The maximum absolute atomic E-state index is 13.6. The molecule has 5 aromatic rings. The molecule has 0 N–H and O–H groups in total. The summed E-state index contributed by atoms with van der Waals surface area (Å²) in [6.07, 6.45) is 0.950. The number of likely N-dealkylation sites (tertiary alicyclic amines) is 1. The van der Waals surface area contributed by atoms with Gasteiger partial charge in [0, 0.05) is 59.2 Å². The topological polar surface area (TPSA) is 85.7 Å². The smallest absolute Gasteiger partial charge is 0.340 e. The number of benzene rings is 2. The molecule has 2 atom stereocenters. The zero-order valence-corrected chi connectivity index (χ0v) is 22.8. The molecular formula is C33H30N2O5. The van der Waals surface area contributed by atoms with E-state index in [-0.39, 0.29) is 29.7 Å². The number of aromatic nitrogens is 1. The predicted octanol–water partition coefficient (Wildman–Crippen LogP) is 5.48. The van der Waals surface area contributed by atoms with E-state index in [1.54, 1.807) is 12.1 Å². The van der Waals surface area contributed by atoms with Crippen LogP contribution < -0.4 is 11.2 Å². The standard InChI is InChI=1S/C33H30N2O5/c1-18-24-13-26-30(22-8-5-4-6-9-22)20(3)39-32(26)19(2)31(24)40-33(38)25(18)14-29(37)34-15-21-12-23(17-34)27-10-7-11-28(36)35(27)16-21/h4-11,13,21,23H,12,14-17H2,1-3H3. The normalized spacial score (nSPS) is 18.3. The summed E-state index contributed by atoms with van der Waals surface area (Å²) in [5, 5.41) is 1.77. The van der Waals surface area contributed by atoms with E-state index in [9.17, 15) is 14.4 Å². The number of pyridine rings is 1. The Labute approximate surface area is 230 Å². The molecule has 40 heavy (non-hydrogen) atoms. The Kier molecular flexibility index (Phi) is 5.59. The summed E-state index contributed by atoms with van der Waals surface area (Å²) in [5.41, 5.74) is 5.72. The number of hydrogen-bond acceptors (Lipinski definition) is 5. The number of amides is 1. The van der Waals surface area contributed by atoms with E-state index in [0.29, 0.717) is 36.4 Å². The Balaban J connectivity index is 1.26. The Hall–Kier alpha value is -4.39. The van der Waals surface area contributed by atoms with E-state index >= 15 is 0 Å². The number of carbonyl (C=O) groups excluding carboxylic acids is 1. The molecule has 1 saturated heterocycles. The van der Waals surface area contributed by atoms with Crippen LogP contribution in [0.15, 0.2) is 73.0 Å². The van der Waals surface area contributed by atoms with Crippen LogP contribution in [0.3, 0.4) is 0 Å². The van der Waals surface area contributed by atoms with Crippen molar-refractivity contribution in [2.24, 2.45) is 5.92 Å². The van der Waals surface area contributed by atoms with Crippen LogP contribution in [0.2, 0.25) is 0 Å². The van der Waals surface area contributed by atoms with Gasteiger partial charge in [0.1, 0.15) is 16.9 Å². The van der Waals surface area contributed by atoms with Crippen molar-refractivity contribution in [2.45, 2.75) is 46.1 Å². The zero-order valence-electron chi connectivity index (χ0n) is 22.8. The number of rotatable bonds is 3. The molecule has 2 bridgehead atoms. The van der Waals surface area contributed by atoms with Crippen molar-refractivity contribution in [3.8, 4) is 11.1 Å². The molecule has 0 spiro atoms. The lowest BCUT2D eigenvalue weighted by Crippen LogP contribution is -2.49. The highest BCUT2D eigenvalue weighted by Crippen LogP contribution is 2.40. The van der Waals surface area contributed by atoms with Crippen LogP contribution in [0.5, 0.6) is 0 Å². The van der Waals surface area contributed by atoms with Gasteiger partial charge >= 0.3 is 5.63 Å². The SMILES string of the molecule is Cc1oc2c(C)c3oc(=O)c(CC(=O)N4CC5CC(C4)c4cccc(=O)n4C5)c(C)c3cc2c1-c1ccccc1. The molecule has 7 rings (SSSR count). The van der Waals surface area contributed by atoms with E-state index in [0.717, 1.165) is 50.9 Å². The molecule has 0 radical (unpaired) electrons. The van der Waals surface area contributed by atoms with Gasteiger partial charge in [-0.25, -0.2) is 4.79 Å². The van der Waals surface area contributed by atoms with Gasteiger partial charge in [-0.05, 0) is 56.4 Å². The van der Waals surface area contributed by atoms with E-state index in [1.807, 2.05) is 60.6 Å². The van der Waals surface area contributed by atoms with E-state index in [2.05, 4.69) is 12.1 Å². The summed E-state index contributed by atoms with van der Waals surface area (Å²) < 4.78 is 13.9. The van der Waals surface area contributed by atoms with Crippen LogP contribution in [0.4, 0.5) is 0 Å². The van der Waals surface area contributed by atoms with Crippen LogP contribution in [-0.2, 0) is 17.8 Å². The maximum Gasteiger partial charge on any atom is 0.340 e. The van der Waals surface area contributed by atoms with Crippen molar-refractivity contribution in [1.82, 2.24) is 9.47 Å². The largest absolute Gasteiger partial charge is 0.460 e. The van der Waals surface area contributed by atoms with E-state index in [1.165, 1.54) is 0 Å². The summed E-state index contributed by atoms with van der Waals surface area (Å²) in [7, 11) is 0. The Morgan fingerprint density at radius 2 is 1.65 bits per heavy atom. The highest BCUT2D eigenvalue weighted by atomic mass is 16.4. The van der Waals surface area contributed by atoms with Crippen LogP contribution in [0.25, 0.3) is 33.1 Å². The van der Waals surface area contributed by atoms with Crippen molar-refractivity contribution in [3.05, 3.63) is 104 Å². The molecule has 0 saturated carbocycles. The van der Waals surface area contributed by atoms with E-state index < -0.39 is 5.63 Å². The fraction of sp³-hybridized carbons (Fsp3) is 0.303. The highest BCUT2D eigenvalue weighted by molar-refractivity contribution is 6.06. The molecule has 2 aliphatic heterocycles. The summed E-state index contributed by atoms with van der Waals surface area (Å²) in [6, 6.07) is 17.5. The van der Waals surface area contributed by atoms with Crippen molar-refractivity contribution in [2.75, 3.05) is 13.1 Å². The van der Waals surface area contributed by atoms with Crippen molar-refractivity contribution < 1.29 is 13.6 Å². The minimum absolute atomic E-state index is 0.0157. The summed E-state index contributed by atoms with van der Waals surface area (Å²) >= 11 is 0. The quantitative estimate of drug-likeness (QED) is 0.286. The third kappa shape index (κ3) is 3.75. The first kappa shape index (κ1) is 24.6. The molecule has 1 fully saturated rings. The third-order valence-electron chi connectivity index (χ3n) is 8.86. The number of carbonyl (C=O) groups is 1. The lowest BCUT2D eigenvalue weighted by Gasteiger charge is -2.42. The van der Waals surface area contributed by atoms with E-state index in [4.69, 9.17) is 8.83 Å². The minimum atomic E-state index is -0.485. The molecule has 0 aliphatic carbocycles. The maximum atomic E-state index is 13.6. The summed E-state index contributed by atoms with van der Waals surface area (Å²) in [6.45, 7) is 7.51. The van der Waals surface area contributed by atoms with Gasteiger partial charge in [0.2, 0.25) is 5.91 Å². The van der Waals surface area contributed by atoms with Crippen molar-refractivity contribution >= 4 is 27.8 Å². The second-order valence-electron chi connectivity index (χ2n) is 11.3. The van der Waals surface area contributed by atoms with Gasteiger partial charge < -0.3 is 18.3 Å². The second-order valence-corrected chi connectivity index (χ2v) is 11.3. The van der Waals surface area contributed by atoms with Gasteiger partial charge in [-0.3, -0.25) is 9.59 Å². The molecule has 2 unspecified atom stereocenters. The number of furan rings is 1. The van der Waals surface area contributed by atoms with Crippen LogP contribution in [-0.4, -0.2) is 28.5 Å². The summed E-state index contributed by atoms with van der Waals surface area (Å²) in [5.74, 6) is 1.06.